The lowest BCUT2D eigenvalue weighted by Gasteiger charge is -2.05. The number of carbonyl (C=O) groups excluding carboxylic acids is 2. The lowest BCUT2D eigenvalue weighted by molar-refractivity contribution is -0.118. The van der Waals surface area contributed by atoms with Crippen LogP contribution in [-0.2, 0) is 11.2 Å². The Balaban J connectivity index is 1.60. The average Bonchev–Trinajstić information content (AvgIpc) is 3.13. The quantitative estimate of drug-likeness (QED) is 0.555. The van der Waals surface area contributed by atoms with Gasteiger partial charge in [0.15, 0.2) is 5.13 Å². The van der Waals surface area contributed by atoms with Crippen LogP contribution >= 0.6 is 11.3 Å². The summed E-state index contributed by atoms with van der Waals surface area (Å²) >= 11 is 1.42. The summed E-state index contributed by atoms with van der Waals surface area (Å²) in [6, 6.07) is 14.0. The molecular weight excluding hydrogens is 382 g/mol. The number of aryl methyl sites for hydroxylation is 3. The van der Waals surface area contributed by atoms with Crippen molar-refractivity contribution in [2.24, 2.45) is 0 Å². The van der Waals surface area contributed by atoms with Crippen LogP contribution in [0.25, 0.3) is 11.3 Å². The maximum absolute atomic E-state index is 12.5. The van der Waals surface area contributed by atoms with Gasteiger partial charge in [0, 0.05) is 30.0 Å². The van der Waals surface area contributed by atoms with E-state index in [9.17, 15) is 9.59 Å². The normalized spacial score (nSPS) is 10.6. The third-order valence-corrected chi connectivity index (χ3v) is 5.23. The van der Waals surface area contributed by atoms with Crippen molar-refractivity contribution < 1.29 is 9.59 Å². The smallest absolute Gasteiger partial charge is 0.257 e. The van der Waals surface area contributed by atoms with Crippen LogP contribution in [0.15, 0.2) is 47.8 Å². The minimum absolute atomic E-state index is 0.00399. The van der Waals surface area contributed by atoms with Gasteiger partial charge < -0.3 is 5.32 Å². The molecular formula is C23H25N3O2S. The SMILES string of the molecule is CC(=O)NCCCc1ccc(-c2csc(NC(=O)c3cc(C)cc(C)c3)n2)cc1. The van der Waals surface area contributed by atoms with E-state index in [1.165, 1.54) is 23.8 Å². The summed E-state index contributed by atoms with van der Waals surface area (Å²) in [6.07, 6.45) is 1.82. The van der Waals surface area contributed by atoms with Crippen LogP contribution < -0.4 is 10.6 Å². The molecule has 2 amide bonds. The van der Waals surface area contributed by atoms with Crippen molar-refractivity contribution >= 4 is 28.3 Å². The van der Waals surface area contributed by atoms with Gasteiger partial charge in [-0.25, -0.2) is 4.98 Å². The number of hydrogen-bond donors (Lipinski definition) is 2. The molecule has 0 atom stereocenters. The van der Waals surface area contributed by atoms with Crippen LogP contribution in [0.2, 0.25) is 0 Å². The molecule has 0 bridgehead atoms. The third kappa shape index (κ3) is 5.99. The summed E-state index contributed by atoms with van der Waals surface area (Å²) in [4.78, 5) is 28.0. The first-order valence-corrected chi connectivity index (χ1v) is 10.5. The van der Waals surface area contributed by atoms with Crippen LogP contribution in [0.3, 0.4) is 0 Å². The van der Waals surface area contributed by atoms with Gasteiger partial charge in [0.1, 0.15) is 0 Å². The zero-order valence-electron chi connectivity index (χ0n) is 16.9. The van der Waals surface area contributed by atoms with Gasteiger partial charge in [-0.15, -0.1) is 11.3 Å². The average molecular weight is 408 g/mol. The van der Waals surface area contributed by atoms with E-state index in [-0.39, 0.29) is 11.8 Å². The second kappa shape index (κ2) is 9.47. The molecule has 0 aliphatic heterocycles. The molecule has 2 aromatic carbocycles. The first-order chi connectivity index (χ1) is 13.9. The van der Waals surface area contributed by atoms with Gasteiger partial charge in [-0.2, -0.15) is 0 Å². The molecule has 0 aliphatic carbocycles. The Kier molecular flexibility index (Phi) is 6.77. The number of amides is 2. The summed E-state index contributed by atoms with van der Waals surface area (Å²) in [7, 11) is 0. The van der Waals surface area contributed by atoms with E-state index in [2.05, 4.69) is 27.8 Å². The highest BCUT2D eigenvalue weighted by atomic mass is 32.1. The van der Waals surface area contributed by atoms with Gasteiger partial charge in [-0.05, 0) is 44.4 Å². The Morgan fingerprint density at radius 3 is 2.38 bits per heavy atom. The number of nitrogens with one attached hydrogen (secondary N) is 2. The van der Waals surface area contributed by atoms with E-state index >= 15 is 0 Å². The molecule has 150 valence electrons. The first-order valence-electron chi connectivity index (χ1n) is 9.59. The fourth-order valence-electron chi connectivity index (χ4n) is 3.14. The Labute approximate surface area is 175 Å². The van der Waals surface area contributed by atoms with Crippen LogP contribution in [0.1, 0.15) is 40.4 Å². The summed E-state index contributed by atoms with van der Waals surface area (Å²) in [6.45, 7) is 6.18. The molecule has 0 saturated carbocycles. The maximum atomic E-state index is 12.5. The largest absolute Gasteiger partial charge is 0.356 e. The van der Waals surface area contributed by atoms with Gasteiger partial charge >= 0.3 is 0 Å². The topological polar surface area (TPSA) is 71.1 Å². The molecule has 0 unspecified atom stereocenters. The van der Waals surface area contributed by atoms with Crippen LogP contribution in [-0.4, -0.2) is 23.3 Å². The van der Waals surface area contributed by atoms with Crippen molar-refractivity contribution in [2.75, 3.05) is 11.9 Å². The molecule has 6 heteroatoms. The van der Waals surface area contributed by atoms with Crippen molar-refractivity contribution in [1.82, 2.24) is 10.3 Å². The zero-order chi connectivity index (χ0) is 20.8. The Morgan fingerprint density at radius 2 is 1.72 bits per heavy atom. The molecule has 0 fully saturated rings. The zero-order valence-corrected chi connectivity index (χ0v) is 17.7. The van der Waals surface area contributed by atoms with Gasteiger partial charge in [0.25, 0.3) is 5.91 Å². The van der Waals surface area contributed by atoms with E-state index in [1.807, 2.05) is 49.6 Å². The van der Waals surface area contributed by atoms with Crippen molar-refractivity contribution in [2.45, 2.75) is 33.6 Å². The molecule has 1 heterocycles. The van der Waals surface area contributed by atoms with Crippen molar-refractivity contribution in [3.8, 4) is 11.3 Å². The van der Waals surface area contributed by atoms with Crippen molar-refractivity contribution in [1.29, 1.82) is 0 Å². The molecule has 0 saturated heterocycles. The molecule has 29 heavy (non-hydrogen) atoms. The number of nitrogens with zero attached hydrogens (tertiary/aromatic N) is 1. The Morgan fingerprint density at radius 1 is 1.03 bits per heavy atom. The van der Waals surface area contributed by atoms with Crippen LogP contribution in [0, 0.1) is 13.8 Å². The molecule has 5 nitrogen and oxygen atoms in total. The second-order valence-electron chi connectivity index (χ2n) is 7.15. The number of hydrogen-bond acceptors (Lipinski definition) is 4. The van der Waals surface area contributed by atoms with Crippen LogP contribution in [0.4, 0.5) is 5.13 Å². The number of thiazole rings is 1. The lowest BCUT2D eigenvalue weighted by atomic mass is 10.1. The summed E-state index contributed by atoms with van der Waals surface area (Å²) in [5.74, 6) is -0.142. The van der Waals surface area contributed by atoms with Gasteiger partial charge in [0.05, 0.1) is 5.69 Å². The fourth-order valence-corrected chi connectivity index (χ4v) is 3.85. The predicted molar refractivity (Wildman–Crippen MR) is 118 cm³/mol. The second-order valence-corrected chi connectivity index (χ2v) is 8.01. The van der Waals surface area contributed by atoms with Crippen molar-refractivity contribution in [3.05, 3.63) is 70.1 Å². The molecule has 3 rings (SSSR count). The standard InChI is InChI=1S/C23H25N3O2S/c1-15-11-16(2)13-20(12-15)22(28)26-23-25-21(14-29-23)19-8-6-18(7-9-19)5-4-10-24-17(3)27/h6-9,11-14H,4-5,10H2,1-3H3,(H,24,27)(H,25,26,28). The molecule has 0 spiro atoms. The molecule has 2 N–H and O–H groups in total. The predicted octanol–water partition coefficient (Wildman–Crippen LogP) is 4.75. The molecule has 1 aromatic heterocycles. The van der Waals surface area contributed by atoms with E-state index in [1.54, 1.807) is 0 Å². The minimum Gasteiger partial charge on any atom is -0.356 e. The summed E-state index contributed by atoms with van der Waals surface area (Å²) in [5.41, 5.74) is 5.84. The van der Waals surface area contributed by atoms with Gasteiger partial charge in [-0.3, -0.25) is 14.9 Å². The molecule has 0 aliphatic rings. The summed E-state index contributed by atoms with van der Waals surface area (Å²) < 4.78 is 0. The highest BCUT2D eigenvalue weighted by molar-refractivity contribution is 7.14. The van der Waals surface area contributed by atoms with E-state index < -0.39 is 0 Å². The minimum atomic E-state index is -0.146. The third-order valence-electron chi connectivity index (χ3n) is 4.47. The molecule has 0 radical (unpaired) electrons. The van der Waals surface area contributed by atoms with Gasteiger partial charge in [-0.1, -0.05) is 41.5 Å². The highest BCUT2D eigenvalue weighted by Gasteiger charge is 2.11. The van der Waals surface area contributed by atoms with E-state index in [0.29, 0.717) is 17.2 Å². The number of anilines is 1. The maximum Gasteiger partial charge on any atom is 0.257 e. The lowest BCUT2D eigenvalue weighted by Crippen LogP contribution is -2.21. The van der Waals surface area contributed by atoms with E-state index in [0.717, 1.165) is 35.2 Å². The van der Waals surface area contributed by atoms with Gasteiger partial charge in [0.2, 0.25) is 5.91 Å². The molecule has 3 aromatic rings. The number of aromatic nitrogens is 1. The fraction of sp³-hybridized carbons (Fsp3) is 0.261. The first kappa shape index (κ1) is 20.7. The highest BCUT2D eigenvalue weighted by Crippen LogP contribution is 2.26. The summed E-state index contributed by atoms with van der Waals surface area (Å²) in [5, 5.41) is 8.23. The van der Waals surface area contributed by atoms with E-state index in [4.69, 9.17) is 0 Å². The number of carbonyl (C=O) groups is 2. The van der Waals surface area contributed by atoms with Crippen LogP contribution in [0.5, 0.6) is 0 Å². The monoisotopic (exact) mass is 407 g/mol. The number of rotatable bonds is 7. The Bertz CT molecular complexity index is 989. The Hall–Kier alpha value is -2.99. The number of benzene rings is 2. The van der Waals surface area contributed by atoms with Crippen molar-refractivity contribution in [3.63, 3.8) is 0 Å².